The van der Waals surface area contributed by atoms with Gasteiger partial charge < -0.3 is 9.53 Å². The van der Waals surface area contributed by atoms with Crippen LogP contribution in [0.3, 0.4) is 0 Å². The summed E-state index contributed by atoms with van der Waals surface area (Å²) in [6, 6.07) is 0. The van der Waals surface area contributed by atoms with Crippen LogP contribution in [0, 0.1) is 18.3 Å². The van der Waals surface area contributed by atoms with E-state index in [9.17, 15) is 9.59 Å². The van der Waals surface area contributed by atoms with Gasteiger partial charge in [-0.25, -0.2) is 0 Å². The highest BCUT2D eigenvalue weighted by Crippen LogP contribution is 1.81. The van der Waals surface area contributed by atoms with Gasteiger partial charge in [-0.05, 0) is 6.92 Å². The first-order chi connectivity index (χ1) is 6.08. The Bertz CT molecular complexity index is 177. The molecule has 0 atom stereocenters. The summed E-state index contributed by atoms with van der Waals surface area (Å²) in [4.78, 5) is 19.8. The topological polar surface area (TPSA) is 43.4 Å². The molecule has 0 radical (unpaired) electrons. The Morgan fingerprint density at radius 1 is 1.62 bits per heavy atom. The average Bonchev–Trinajstić information content (AvgIpc) is 2.06. The maximum Gasteiger partial charge on any atom is 0.317 e. The van der Waals surface area contributed by atoms with Crippen LogP contribution in [0.25, 0.3) is 0 Å². The van der Waals surface area contributed by atoms with E-state index in [0.717, 1.165) is 6.29 Å². The lowest BCUT2D eigenvalue weighted by atomic mass is 10.3. The molecule has 0 aliphatic heterocycles. The second-order valence-electron chi connectivity index (χ2n) is 2.57. The lowest BCUT2D eigenvalue weighted by Crippen LogP contribution is -2.01. The van der Waals surface area contributed by atoms with E-state index in [1.54, 1.807) is 6.92 Å². The molecule has 0 aromatic carbocycles. The zero-order valence-corrected chi connectivity index (χ0v) is 8.37. The molecule has 0 aromatic rings. The Morgan fingerprint density at radius 3 is 2.31 bits per heavy atom. The summed E-state index contributed by atoms with van der Waals surface area (Å²) in [6.07, 6.45) is 5.80. The van der Waals surface area contributed by atoms with E-state index in [-0.39, 0.29) is 18.3 Å². The molecule has 0 rings (SSSR count). The van der Waals surface area contributed by atoms with E-state index in [0.29, 0.717) is 6.61 Å². The summed E-state index contributed by atoms with van der Waals surface area (Å²) in [5.41, 5.74) is 0. The summed E-state index contributed by atoms with van der Waals surface area (Å²) in [5, 5.41) is 0. The number of aldehydes is 1. The van der Waals surface area contributed by atoms with Crippen molar-refractivity contribution >= 4 is 12.3 Å². The molecular weight excluding hydrogens is 168 g/mol. The first-order valence-electron chi connectivity index (χ1n) is 4.12. The Hall–Kier alpha value is -1.30. The van der Waals surface area contributed by atoms with Crippen LogP contribution >= 0.6 is 0 Å². The lowest BCUT2D eigenvalue weighted by Gasteiger charge is -1.93. The minimum atomic E-state index is -0.324. The van der Waals surface area contributed by atoms with Crippen LogP contribution in [-0.2, 0) is 14.3 Å². The van der Waals surface area contributed by atoms with Crippen molar-refractivity contribution in [2.24, 2.45) is 5.92 Å². The number of carbonyl (C=O) groups excluding carboxylic acids is 2. The predicted molar refractivity (Wildman–Crippen MR) is 51.0 cm³/mol. The molecule has 0 fully saturated rings. The molecule has 0 aliphatic carbocycles. The number of carbonyl (C=O) groups is 2. The molecule has 0 aliphatic rings. The predicted octanol–water partition coefficient (Wildman–Crippen LogP) is 1.41. The maximum absolute atomic E-state index is 10.3. The second-order valence-corrected chi connectivity index (χ2v) is 2.57. The van der Waals surface area contributed by atoms with Crippen molar-refractivity contribution in [1.29, 1.82) is 0 Å². The van der Waals surface area contributed by atoms with E-state index >= 15 is 0 Å². The molecule has 0 saturated carbocycles. The third-order valence-corrected chi connectivity index (χ3v) is 0.824. The molecule has 0 amide bonds. The van der Waals surface area contributed by atoms with Crippen molar-refractivity contribution in [1.82, 2.24) is 0 Å². The van der Waals surface area contributed by atoms with Crippen LogP contribution in [0.1, 0.15) is 27.2 Å². The van der Waals surface area contributed by atoms with Crippen molar-refractivity contribution in [3.63, 3.8) is 0 Å². The molecule has 74 valence electrons. The van der Waals surface area contributed by atoms with Crippen LogP contribution < -0.4 is 0 Å². The molecule has 0 spiro atoms. The first-order valence-corrected chi connectivity index (χ1v) is 4.12. The molecular formula is C10H16O3. The van der Waals surface area contributed by atoms with Crippen LogP contribution in [-0.4, -0.2) is 18.9 Å². The number of terminal acetylenes is 1. The SMILES string of the molecule is C#CCC(=O)OCC.CC(C)C=O. The van der Waals surface area contributed by atoms with E-state index in [1.807, 2.05) is 13.8 Å². The van der Waals surface area contributed by atoms with Crippen molar-refractivity contribution in [3.05, 3.63) is 0 Å². The molecule has 3 heteroatoms. The van der Waals surface area contributed by atoms with Gasteiger partial charge in [-0.1, -0.05) is 19.8 Å². The largest absolute Gasteiger partial charge is 0.465 e. The van der Waals surface area contributed by atoms with Gasteiger partial charge in [0.15, 0.2) is 0 Å². The minimum Gasteiger partial charge on any atom is -0.465 e. The number of hydrogen-bond donors (Lipinski definition) is 0. The monoisotopic (exact) mass is 184 g/mol. The van der Waals surface area contributed by atoms with Crippen molar-refractivity contribution < 1.29 is 14.3 Å². The fourth-order valence-corrected chi connectivity index (χ4v) is 0.295. The van der Waals surface area contributed by atoms with Gasteiger partial charge in [0.05, 0.1) is 6.61 Å². The highest BCUT2D eigenvalue weighted by atomic mass is 16.5. The Labute approximate surface area is 79.5 Å². The molecule has 0 unspecified atom stereocenters. The van der Waals surface area contributed by atoms with Gasteiger partial charge in [-0.2, -0.15) is 0 Å². The smallest absolute Gasteiger partial charge is 0.317 e. The quantitative estimate of drug-likeness (QED) is 0.378. The van der Waals surface area contributed by atoms with Gasteiger partial charge in [0.2, 0.25) is 0 Å². The second kappa shape index (κ2) is 10.7. The molecule has 3 nitrogen and oxygen atoms in total. The van der Waals surface area contributed by atoms with Gasteiger partial charge in [-0.15, -0.1) is 6.42 Å². The van der Waals surface area contributed by atoms with Gasteiger partial charge in [0, 0.05) is 5.92 Å². The van der Waals surface area contributed by atoms with Crippen molar-refractivity contribution in [2.45, 2.75) is 27.2 Å². The van der Waals surface area contributed by atoms with Crippen molar-refractivity contribution in [3.8, 4) is 12.3 Å². The van der Waals surface area contributed by atoms with Gasteiger partial charge in [0.1, 0.15) is 12.7 Å². The summed E-state index contributed by atoms with van der Waals surface area (Å²) >= 11 is 0. The Balaban J connectivity index is 0. The summed E-state index contributed by atoms with van der Waals surface area (Å²) in [5.74, 6) is 2.06. The molecule has 0 saturated heterocycles. The third-order valence-electron chi connectivity index (χ3n) is 0.824. The fraction of sp³-hybridized carbons (Fsp3) is 0.600. The highest BCUT2D eigenvalue weighted by molar-refractivity contribution is 5.72. The van der Waals surface area contributed by atoms with E-state index in [4.69, 9.17) is 6.42 Å². The number of ether oxygens (including phenoxy) is 1. The molecule has 0 heterocycles. The molecule has 0 N–H and O–H groups in total. The normalized spacial score (nSPS) is 7.92. The van der Waals surface area contributed by atoms with Gasteiger partial charge in [0.25, 0.3) is 0 Å². The van der Waals surface area contributed by atoms with E-state index < -0.39 is 0 Å². The first kappa shape index (κ1) is 14.2. The zero-order valence-electron chi connectivity index (χ0n) is 8.37. The lowest BCUT2D eigenvalue weighted by molar-refractivity contribution is -0.141. The minimum absolute atomic E-state index is 0.0772. The summed E-state index contributed by atoms with van der Waals surface area (Å²) in [6.45, 7) is 5.86. The number of rotatable bonds is 3. The third kappa shape index (κ3) is 18.0. The van der Waals surface area contributed by atoms with Crippen LogP contribution in [0.5, 0.6) is 0 Å². The average molecular weight is 184 g/mol. The van der Waals surface area contributed by atoms with Gasteiger partial charge >= 0.3 is 5.97 Å². The van der Waals surface area contributed by atoms with Crippen LogP contribution in [0.15, 0.2) is 0 Å². The van der Waals surface area contributed by atoms with Gasteiger partial charge in [-0.3, -0.25) is 4.79 Å². The molecule has 13 heavy (non-hydrogen) atoms. The fourth-order valence-electron chi connectivity index (χ4n) is 0.295. The number of esters is 1. The van der Waals surface area contributed by atoms with E-state index in [2.05, 4.69) is 10.7 Å². The standard InChI is InChI=1S/C6H8O2.C4H8O/c1-3-5-6(7)8-4-2;1-4(2)3-5/h1H,4-5H2,2H3;3-4H,1-2H3. The zero-order chi connectivity index (χ0) is 10.7. The van der Waals surface area contributed by atoms with Crippen molar-refractivity contribution in [2.75, 3.05) is 6.61 Å². The highest BCUT2D eigenvalue weighted by Gasteiger charge is 1.93. The molecule has 0 aromatic heterocycles. The summed E-state index contributed by atoms with van der Waals surface area (Å²) in [7, 11) is 0. The van der Waals surface area contributed by atoms with Crippen LogP contribution in [0.4, 0.5) is 0 Å². The maximum atomic E-state index is 10.3. The number of hydrogen-bond acceptors (Lipinski definition) is 3. The Morgan fingerprint density at radius 2 is 2.08 bits per heavy atom. The Kier molecular flexibility index (Phi) is 11.7. The molecule has 0 bridgehead atoms. The van der Waals surface area contributed by atoms with E-state index in [1.165, 1.54) is 0 Å². The summed E-state index contributed by atoms with van der Waals surface area (Å²) < 4.78 is 4.50. The van der Waals surface area contributed by atoms with Crippen LogP contribution in [0.2, 0.25) is 0 Å².